The third kappa shape index (κ3) is 5.03. The van der Waals surface area contributed by atoms with Crippen molar-refractivity contribution in [2.75, 3.05) is 12.4 Å². The van der Waals surface area contributed by atoms with Crippen molar-refractivity contribution < 1.29 is 18.7 Å². The van der Waals surface area contributed by atoms with Crippen LogP contribution in [0.4, 0.5) is 5.69 Å². The lowest BCUT2D eigenvalue weighted by Crippen LogP contribution is -2.44. The van der Waals surface area contributed by atoms with E-state index in [2.05, 4.69) is 16.2 Å². The minimum atomic E-state index is -0.806. The summed E-state index contributed by atoms with van der Waals surface area (Å²) in [5, 5.41) is 2.84. The molecule has 2 amide bonds. The van der Waals surface area contributed by atoms with Crippen LogP contribution in [-0.4, -0.2) is 18.9 Å². The summed E-state index contributed by atoms with van der Waals surface area (Å²) in [5.41, 5.74) is 7.14. The zero-order valence-corrected chi connectivity index (χ0v) is 16.5. The van der Waals surface area contributed by atoms with Crippen LogP contribution in [0.5, 0.6) is 5.75 Å². The van der Waals surface area contributed by atoms with E-state index in [4.69, 9.17) is 9.15 Å². The van der Waals surface area contributed by atoms with Crippen LogP contribution >= 0.6 is 0 Å². The molecule has 0 aliphatic carbocycles. The Morgan fingerprint density at radius 2 is 1.76 bits per heavy atom. The molecule has 0 fully saturated rings. The van der Waals surface area contributed by atoms with Gasteiger partial charge in [0.1, 0.15) is 23.3 Å². The highest BCUT2D eigenvalue weighted by molar-refractivity contribution is 5.97. The second-order valence-electron chi connectivity index (χ2n) is 6.49. The first-order valence-corrected chi connectivity index (χ1v) is 9.10. The lowest BCUT2D eigenvalue weighted by Gasteiger charge is -2.19. The number of furan rings is 1. The number of aryl methyl sites for hydroxylation is 2. The van der Waals surface area contributed by atoms with Crippen molar-refractivity contribution in [2.45, 2.75) is 19.9 Å². The van der Waals surface area contributed by atoms with Crippen LogP contribution in [0.3, 0.4) is 0 Å². The zero-order chi connectivity index (χ0) is 20.8. The number of benzene rings is 2. The molecule has 0 spiro atoms. The summed E-state index contributed by atoms with van der Waals surface area (Å²) in [6.07, 6.45) is 0. The van der Waals surface area contributed by atoms with Gasteiger partial charge in [0, 0.05) is 11.8 Å². The Morgan fingerprint density at radius 1 is 1.00 bits per heavy atom. The molecule has 0 saturated heterocycles. The number of carbonyl (C=O) groups excluding carboxylic acids is 2. The average molecular weight is 393 g/mol. The Balaban J connectivity index is 1.76. The van der Waals surface area contributed by atoms with Gasteiger partial charge in [0.15, 0.2) is 0 Å². The van der Waals surface area contributed by atoms with E-state index >= 15 is 0 Å². The van der Waals surface area contributed by atoms with Crippen molar-refractivity contribution >= 4 is 17.5 Å². The second kappa shape index (κ2) is 9.07. The van der Waals surface area contributed by atoms with E-state index < -0.39 is 6.04 Å². The van der Waals surface area contributed by atoms with E-state index in [1.165, 1.54) is 0 Å². The predicted molar refractivity (Wildman–Crippen MR) is 110 cm³/mol. The van der Waals surface area contributed by atoms with Gasteiger partial charge in [-0.25, -0.2) is 5.43 Å². The number of methoxy groups -OCH3 is 1. The van der Waals surface area contributed by atoms with Crippen LogP contribution in [0.1, 0.15) is 33.5 Å². The molecule has 0 aliphatic rings. The van der Waals surface area contributed by atoms with Crippen LogP contribution in [0, 0.1) is 13.8 Å². The number of amides is 2. The number of carbonyl (C=O) groups is 2. The number of rotatable bonds is 7. The normalized spacial score (nSPS) is 11.6. The smallest absolute Gasteiger partial charge is 0.268 e. The van der Waals surface area contributed by atoms with Crippen LogP contribution in [0.2, 0.25) is 0 Å². The number of nitrogens with one attached hydrogen (secondary N) is 3. The van der Waals surface area contributed by atoms with Gasteiger partial charge in [0.2, 0.25) is 5.91 Å². The highest BCUT2D eigenvalue weighted by Gasteiger charge is 2.22. The molecule has 2 aromatic carbocycles. The largest absolute Gasteiger partial charge is 0.497 e. The van der Waals surface area contributed by atoms with Gasteiger partial charge < -0.3 is 14.5 Å². The molecule has 0 aliphatic heterocycles. The van der Waals surface area contributed by atoms with Gasteiger partial charge in [-0.15, -0.1) is 0 Å². The van der Waals surface area contributed by atoms with Gasteiger partial charge in [0.25, 0.3) is 5.91 Å². The Labute approximate surface area is 169 Å². The molecule has 7 nitrogen and oxygen atoms in total. The number of ether oxygens (including phenoxy) is 1. The first-order valence-electron chi connectivity index (χ1n) is 9.10. The standard InChI is InChI=1S/C22H23N3O4/c1-14-12-19(15(2)29-14)21(26)25-24-20(16-8-5-4-6-9-16)22(27)23-17-10-7-11-18(13-17)28-3/h4-13,20,24H,1-3H3,(H,23,27)(H,25,26). The molecule has 3 rings (SSSR count). The van der Waals surface area contributed by atoms with E-state index in [0.29, 0.717) is 34.1 Å². The summed E-state index contributed by atoms with van der Waals surface area (Å²) in [6.45, 7) is 3.48. The average Bonchev–Trinajstić information content (AvgIpc) is 3.07. The molecule has 3 N–H and O–H groups in total. The second-order valence-corrected chi connectivity index (χ2v) is 6.49. The van der Waals surface area contributed by atoms with Gasteiger partial charge in [-0.2, -0.15) is 0 Å². The Hall–Kier alpha value is -3.58. The number of anilines is 1. The summed E-state index contributed by atoms with van der Waals surface area (Å²) < 4.78 is 10.6. The fourth-order valence-corrected chi connectivity index (χ4v) is 2.92. The monoisotopic (exact) mass is 393 g/mol. The molecule has 0 bridgehead atoms. The van der Waals surface area contributed by atoms with Crippen molar-refractivity contribution in [1.82, 2.24) is 10.9 Å². The van der Waals surface area contributed by atoms with Gasteiger partial charge >= 0.3 is 0 Å². The highest BCUT2D eigenvalue weighted by Crippen LogP contribution is 2.20. The van der Waals surface area contributed by atoms with Crippen molar-refractivity contribution in [1.29, 1.82) is 0 Å². The first-order chi connectivity index (χ1) is 14.0. The van der Waals surface area contributed by atoms with E-state index in [-0.39, 0.29) is 11.8 Å². The van der Waals surface area contributed by atoms with Crippen LogP contribution in [-0.2, 0) is 4.79 Å². The molecule has 0 radical (unpaired) electrons. The molecule has 0 saturated carbocycles. The molecule has 1 aromatic heterocycles. The number of hydrogen-bond donors (Lipinski definition) is 3. The molecule has 1 unspecified atom stereocenters. The minimum absolute atomic E-state index is 0.329. The zero-order valence-electron chi connectivity index (χ0n) is 16.5. The van der Waals surface area contributed by atoms with Gasteiger partial charge in [0.05, 0.1) is 12.7 Å². The van der Waals surface area contributed by atoms with Crippen molar-refractivity contribution in [3.8, 4) is 5.75 Å². The molecule has 1 atom stereocenters. The van der Waals surface area contributed by atoms with E-state index in [9.17, 15) is 9.59 Å². The van der Waals surface area contributed by atoms with Gasteiger partial charge in [-0.05, 0) is 37.6 Å². The Morgan fingerprint density at radius 3 is 2.41 bits per heavy atom. The topological polar surface area (TPSA) is 92.6 Å². The van der Waals surface area contributed by atoms with Crippen LogP contribution in [0.25, 0.3) is 0 Å². The summed E-state index contributed by atoms with van der Waals surface area (Å²) in [7, 11) is 1.56. The van der Waals surface area contributed by atoms with E-state index in [1.807, 2.05) is 30.3 Å². The summed E-state index contributed by atoms with van der Waals surface area (Å²) in [5.74, 6) is 1.08. The first kappa shape index (κ1) is 20.2. The fraction of sp³-hybridized carbons (Fsp3) is 0.182. The Kier molecular flexibility index (Phi) is 6.31. The lowest BCUT2D eigenvalue weighted by atomic mass is 10.1. The fourth-order valence-electron chi connectivity index (χ4n) is 2.92. The molecule has 7 heteroatoms. The van der Waals surface area contributed by atoms with Gasteiger partial charge in [-0.3, -0.25) is 15.0 Å². The number of hydrogen-bond acceptors (Lipinski definition) is 5. The van der Waals surface area contributed by atoms with E-state index in [0.717, 1.165) is 0 Å². The molecular formula is C22H23N3O4. The highest BCUT2D eigenvalue weighted by atomic mass is 16.5. The maximum absolute atomic E-state index is 12.9. The molecule has 3 aromatic rings. The molecule has 150 valence electrons. The summed E-state index contributed by atoms with van der Waals surface area (Å²) in [4.78, 5) is 25.4. The maximum atomic E-state index is 12.9. The van der Waals surface area contributed by atoms with Crippen molar-refractivity contribution in [3.63, 3.8) is 0 Å². The molecule has 1 heterocycles. The predicted octanol–water partition coefficient (Wildman–Crippen LogP) is 3.52. The molecule has 29 heavy (non-hydrogen) atoms. The third-order valence-electron chi connectivity index (χ3n) is 4.35. The maximum Gasteiger partial charge on any atom is 0.268 e. The number of hydrazine groups is 1. The van der Waals surface area contributed by atoms with Crippen LogP contribution in [0.15, 0.2) is 65.1 Å². The van der Waals surface area contributed by atoms with Crippen LogP contribution < -0.4 is 20.9 Å². The van der Waals surface area contributed by atoms with Gasteiger partial charge in [-0.1, -0.05) is 36.4 Å². The summed E-state index contributed by atoms with van der Waals surface area (Å²) in [6, 6.07) is 17.0. The Bertz CT molecular complexity index is 998. The van der Waals surface area contributed by atoms with E-state index in [1.54, 1.807) is 51.3 Å². The van der Waals surface area contributed by atoms with Crippen molar-refractivity contribution in [3.05, 3.63) is 83.3 Å². The third-order valence-corrected chi connectivity index (χ3v) is 4.35. The lowest BCUT2D eigenvalue weighted by molar-refractivity contribution is -0.118. The summed E-state index contributed by atoms with van der Waals surface area (Å²) >= 11 is 0. The molecular weight excluding hydrogens is 370 g/mol. The minimum Gasteiger partial charge on any atom is -0.497 e. The quantitative estimate of drug-likeness (QED) is 0.534. The SMILES string of the molecule is COc1cccc(NC(=O)C(NNC(=O)c2cc(C)oc2C)c2ccccc2)c1. The van der Waals surface area contributed by atoms with Crippen molar-refractivity contribution in [2.24, 2.45) is 0 Å².